The van der Waals surface area contributed by atoms with Crippen molar-refractivity contribution >= 4 is 27.8 Å². The van der Waals surface area contributed by atoms with Gasteiger partial charge < -0.3 is 15.2 Å². The third-order valence-corrected chi connectivity index (χ3v) is 3.05. The van der Waals surface area contributed by atoms with Crippen LogP contribution >= 0.6 is 15.9 Å². The van der Waals surface area contributed by atoms with Gasteiger partial charge in [0.15, 0.2) is 0 Å². The summed E-state index contributed by atoms with van der Waals surface area (Å²) in [5.74, 6) is -1.81. The van der Waals surface area contributed by atoms with Crippen LogP contribution < -0.4 is 5.32 Å². The second kappa shape index (κ2) is 6.68. The molecule has 1 aromatic carbocycles. The van der Waals surface area contributed by atoms with E-state index in [9.17, 15) is 14.7 Å². The van der Waals surface area contributed by atoms with Crippen molar-refractivity contribution in [3.05, 3.63) is 34.3 Å². The number of rotatable bonds is 4. The number of carbonyl (C=O) groups excluding carboxylic acids is 2. The molecule has 6 heteroatoms. The van der Waals surface area contributed by atoms with E-state index >= 15 is 0 Å². The van der Waals surface area contributed by atoms with Crippen LogP contribution in [0.1, 0.15) is 19.4 Å². The van der Waals surface area contributed by atoms with Gasteiger partial charge >= 0.3 is 11.9 Å². The summed E-state index contributed by atoms with van der Waals surface area (Å²) in [6.07, 6.45) is 0. The molecule has 1 atom stereocenters. The first-order chi connectivity index (χ1) is 8.86. The Morgan fingerprint density at radius 1 is 1.37 bits per heavy atom. The van der Waals surface area contributed by atoms with Crippen molar-refractivity contribution in [2.24, 2.45) is 0 Å². The lowest BCUT2D eigenvalue weighted by atomic mass is 9.96. The van der Waals surface area contributed by atoms with E-state index in [-0.39, 0.29) is 13.2 Å². The SMILES string of the molecule is CCOC(=O)C(=O)NCC(C)(O)c1ccc(Br)cc1. The largest absolute Gasteiger partial charge is 0.459 e. The van der Waals surface area contributed by atoms with Crippen molar-refractivity contribution in [1.82, 2.24) is 5.32 Å². The zero-order valence-corrected chi connectivity index (χ0v) is 12.4. The fourth-order valence-electron chi connectivity index (χ4n) is 1.43. The zero-order chi connectivity index (χ0) is 14.5. The molecule has 1 unspecified atom stereocenters. The van der Waals surface area contributed by atoms with Crippen LogP contribution in [0.15, 0.2) is 28.7 Å². The van der Waals surface area contributed by atoms with Crippen LogP contribution in [0, 0.1) is 0 Å². The third kappa shape index (κ3) is 4.65. The fourth-order valence-corrected chi connectivity index (χ4v) is 1.70. The number of esters is 1. The van der Waals surface area contributed by atoms with Gasteiger partial charge in [-0.25, -0.2) is 4.79 Å². The Hall–Kier alpha value is -1.40. The lowest BCUT2D eigenvalue weighted by Crippen LogP contribution is -2.42. The fraction of sp³-hybridized carbons (Fsp3) is 0.385. The minimum absolute atomic E-state index is 0.0771. The maximum absolute atomic E-state index is 11.4. The molecule has 0 saturated heterocycles. The molecule has 0 spiro atoms. The van der Waals surface area contributed by atoms with E-state index in [0.717, 1.165) is 4.47 Å². The Morgan fingerprint density at radius 2 is 1.95 bits per heavy atom. The molecule has 0 aliphatic rings. The Balaban J connectivity index is 2.62. The molecule has 1 aromatic rings. The number of nitrogens with one attached hydrogen (secondary N) is 1. The highest BCUT2D eigenvalue weighted by Gasteiger charge is 2.25. The highest BCUT2D eigenvalue weighted by molar-refractivity contribution is 9.10. The van der Waals surface area contributed by atoms with Crippen LogP contribution in [0.5, 0.6) is 0 Å². The standard InChI is InChI=1S/C13H16BrNO4/c1-3-19-12(17)11(16)15-8-13(2,18)9-4-6-10(14)7-5-9/h4-7,18H,3,8H2,1-2H3,(H,15,16). The quantitative estimate of drug-likeness (QED) is 0.645. The Kier molecular flexibility index (Phi) is 5.50. The number of halogens is 1. The number of hydrogen-bond donors (Lipinski definition) is 2. The minimum atomic E-state index is -1.26. The summed E-state index contributed by atoms with van der Waals surface area (Å²) in [7, 11) is 0. The summed E-state index contributed by atoms with van der Waals surface area (Å²) >= 11 is 3.30. The third-order valence-electron chi connectivity index (χ3n) is 2.52. The second-order valence-electron chi connectivity index (χ2n) is 4.18. The zero-order valence-electron chi connectivity index (χ0n) is 10.8. The summed E-state index contributed by atoms with van der Waals surface area (Å²) < 4.78 is 5.44. The number of aliphatic hydroxyl groups is 1. The van der Waals surface area contributed by atoms with E-state index in [1.165, 1.54) is 0 Å². The summed E-state index contributed by atoms with van der Waals surface area (Å²) in [4.78, 5) is 22.5. The van der Waals surface area contributed by atoms with Crippen molar-refractivity contribution in [2.75, 3.05) is 13.2 Å². The molecule has 0 bridgehead atoms. The monoisotopic (exact) mass is 329 g/mol. The van der Waals surface area contributed by atoms with E-state index in [2.05, 4.69) is 26.0 Å². The highest BCUT2D eigenvalue weighted by atomic mass is 79.9. The van der Waals surface area contributed by atoms with Crippen molar-refractivity contribution < 1.29 is 19.4 Å². The average molecular weight is 330 g/mol. The van der Waals surface area contributed by atoms with Gasteiger partial charge in [0, 0.05) is 4.47 Å². The van der Waals surface area contributed by atoms with E-state index < -0.39 is 17.5 Å². The first-order valence-electron chi connectivity index (χ1n) is 5.80. The molecule has 0 fully saturated rings. The predicted molar refractivity (Wildman–Crippen MR) is 73.4 cm³/mol. The molecule has 0 heterocycles. The van der Waals surface area contributed by atoms with Gasteiger partial charge in [0.05, 0.1) is 13.2 Å². The number of benzene rings is 1. The summed E-state index contributed by atoms with van der Waals surface area (Å²) in [5.41, 5.74) is -0.622. The van der Waals surface area contributed by atoms with Crippen molar-refractivity contribution in [2.45, 2.75) is 19.4 Å². The van der Waals surface area contributed by atoms with Crippen LogP contribution in [0.4, 0.5) is 0 Å². The molecule has 0 aliphatic carbocycles. The molecule has 1 amide bonds. The summed E-state index contributed by atoms with van der Waals surface area (Å²) in [6.45, 7) is 3.23. The molecule has 19 heavy (non-hydrogen) atoms. The average Bonchev–Trinajstić information content (AvgIpc) is 2.37. The van der Waals surface area contributed by atoms with Gasteiger partial charge in [-0.05, 0) is 31.5 Å². The maximum atomic E-state index is 11.4. The van der Waals surface area contributed by atoms with Crippen molar-refractivity contribution in [1.29, 1.82) is 0 Å². The minimum Gasteiger partial charge on any atom is -0.459 e. The van der Waals surface area contributed by atoms with Gasteiger partial charge in [0.25, 0.3) is 0 Å². The highest BCUT2D eigenvalue weighted by Crippen LogP contribution is 2.21. The molecule has 5 nitrogen and oxygen atoms in total. The van der Waals surface area contributed by atoms with Gasteiger partial charge in [0.2, 0.25) is 0 Å². The second-order valence-corrected chi connectivity index (χ2v) is 5.10. The Morgan fingerprint density at radius 3 is 2.47 bits per heavy atom. The summed E-state index contributed by atoms with van der Waals surface area (Å²) in [6, 6.07) is 7.05. The first kappa shape index (κ1) is 15.7. The van der Waals surface area contributed by atoms with E-state index in [1.54, 1.807) is 38.1 Å². The lowest BCUT2D eigenvalue weighted by molar-refractivity contribution is -0.155. The van der Waals surface area contributed by atoms with Gasteiger partial charge in [-0.1, -0.05) is 28.1 Å². The molecule has 0 aromatic heterocycles. The van der Waals surface area contributed by atoms with E-state index in [1.807, 2.05) is 0 Å². The number of carbonyl (C=O) groups is 2. The van der Waals surface area contributed by atoms with Gasteiger partial charge in [0.1, 0.15) is 5.60 Å². The van der Waals surface area contributed by atoms with E-state index in [0.29, 0.717) is 5.56 Å². The van der Waals surface area contributed by atoms with Gasteiger partial charge in [-0.3, -0.25) is 4.79 Å². The molecule has 0 saturated carbocycles. The smallest absolute Gasteiger partial charge is 0.396 e. The molecular formula is C13H16BrNO4. The Bertz CT molecular complexity index is 456. The number of hydrogen-bond acceptors (Lipinski definition) is 4. The van der Waals surface area contributed by atoms with E-state index in [4.69, 9.17) is 0 Å². The molecule has 1 rings (SSSR count). The number of ether oxygens (including phenoxy) is 1. The van der Waals surface area contributed by atoms with Crippen molar-refractivity contribution in [3.8, 4) is 0 Å². The predicted octanol–water partition coefficient (Wildman–Crippen LogP) is 1.34. The van der Waals surface area contributed by atoms with Crippen LogP contribution in [0.2, 0.25) is 0 Å². The van der Waals surface area contributed by atoms with Gasteiger partial charge in [-0.2, -0.15) is 0 Å². The topological polar surface area (TPSA) is 75.6 Å². The van der Waals surface area contributed by atoms with Crippen LogP contribution in [0.25, 0.3) is 0 Å². The van der Waals surface area contributed by atoms with Crippen LogP contribution in [-0.4, -0.2) is 30.1 Å². The molecular weight excluding hydrogens is 314 g/mol. The molecule has 0 aliphatic heterocycles. The lowest BCUT2D eigenvalue weighted by Gasteiger charge is -2.24. The van der Waals surface area contributed by atoms with Crippen LogP contribution in [-0.2, 0) is 19.9 Å². The van der Waals surface area contributed by atoms with Crippen LogP contribution in [0.3, 0.4) is 0 Å². The Labute approximate surface area is 120 Å². The van der Waals surface area contributed by atoms with Gasteiger partial charge in [-0.15, -0.1) is 0 Å². The molecule has 0 radical (unpaired) electrons. The maximum Gasteiger partial charge on any atom is 0.396 e. The normalized spacial score (nSPS) is 13.5. The summed E-state index contributed by atoms with van der Waals surface area (Å²) in [5, 5.41) is 12.6. The first-order valence-corrected chi connectivity index (χ1v) is 6.59. The number of amides is 1. The molecule has 104 valence electrons. The van der Waals surface area contributed by atoms with Crippen molar-refractivity contribution in [3.63, 3.8) is 0 Å². The molecule has 2 N–H and O–H groups in total.